The molecular formula is C22H30N8O5. The number of nitrogens with zero attached hydrogens (tertiary/aromatic N) is 6. The van der Waals surface area contributed by atoms with Crippen molar-refractivity contribution < 1.29 is 4.79 Å². The van der Waals surface area contributed by atoms with Gasteiger partial charge in [-0.25, -0.2) is 14.6 Å². The first kappa shape index (κ1) is 24.2. The highest BCUT2D eigenvalue weighted by molar-refractivity contribution is 5.96. The first-order valence-electron chi connectivity index (χ1n) is 11.7. The van der Waals surface area contributed by atoms with Crippen LogP contribution in [0.3, 0.4) is 0 Å². The number of imidazole rings is 1. The minimum Gasteiger partial charge on any atom is -0.383 e. The number of carbonyl (C=O) groups excluding carboxylic acids is 1. The van der Waals surface area contributed by atoms with E-state index in [4.69, 9.17) is 5.73 Å². The molecule has 1 aliphatic rings. The molecule has 3 N–H and O–H groups in total. The number of fused-ring (bicyclic) bond motifs is 1. The number of nitrogens with two attached hydrogens (primary N) is 1. The first-order valence-corrected chi connectivity index (χ1v) is 11.7. The van der Waals surface area contributed by atoms with Crippen LogP contribution >= 0.6 is 0 Å². The second kappa shape index (κ2) is 9.39. The molecule has 4 rings (SSSR count). The van der Waals surface area contributed by atoms with Gasteiger partial charge >= 0.3 is 11.4 Å². The Bertz CT molecular complexity index is 1520. The molecule has 35 heavy (non-hydrogen) atoms. The molecule has 0 unspecified atom stereocenters. The van der Waals surface area contributed by atoms with Crippen molar-refractivity contribution >= 4 is 28.6 Å². The highest BCUT2D eigenvalue weighted by Gasteiger charge is 2.33. The molecule has 0 radical (unpaired) electrons. The monoisotopic (exact) mass is 486 g/mol. The van der Waals surface area contributed by atoms with Crippen molar-refractivity contribution in [3.05, 3.63) is 48.0 Å². The number of nitrogen functional groups attached to an aromatic ring is 1. The van der Waals surface area contributed by atoms with Crippen LogP contribution < -0.4 is 33.1 Å². The van der Waals surface area contributed by atoms with Gasteiger partial charge in [0.15, 0.2) is 16.9 Å². The lowest BCUT2D eigenvalue weighted by Gasteiger charge is -2.30. The molecule has 1 amide bonds. The lowest BCUT2D eigenvalue weighted by atomic mass is 10.2. The third kappa shape index (κ3) is 4.10. The topological polar surface area (TPSA) is 163 Å². The van der Waals surface area contributed by atoms with Gasteiger partial charge in [0.05, 0.1) is 6.33 Å². The van der Waals surface area contributed by atoms with Crippen molar-refractivity contribution in [2.45, 2.75) is 64.6 Å². The van der Waals surface area contributed by atoms with Gasteiger partial charge in [0.25, 0.3) is 11.1 Å². The molecular weight excluding hydrogens is 456 g/mol. The molecule has 188 valence electrons. The average molecular weight is 487 g/mol. The zero-order valence-corrected chi connectivity index (χ0v) is 20.1. The van der Waals surface area contributed by atoms with E-state index in [9.17, 15) is 24.0 Å². The number of unbranched alkanes of at least 4 members (excludes halogenated alkanes) is 1. The zero-order chi connectivity index (χ0) is 25.4. The van der Waals surface area contributed by atoms with Crippen molar-refractivity contribution in [3.8, 4) is 0 Å². The van der Waals surface area contributed by atoms with Crippen molar-refractivity contribution in [2.75, 3.05) is 10.6 Å². The highest BCUT2D eigenvalue weighted by Crippen LogP contribution is 2.29. The Hall–Kier alpha value is -3.90. The van der Waals surface area contributed by atoms with E-state index >= 15 is 0 Å². The normalized spacial score (nSPS) is 14.1. The van der Waals surface area contributed by atoms with Crippen molar-refractivity contribution in [1.82, 2.24) is 28.2 Å². The first-order chi connectivity index (χ1) is 16.7. The number of carbonyl (C=O) groups is 1. The van der Waals surface area contributed by atoms with Crippen LogP contribution in [0.1, 0.15) is 45.4 Å². The van der Waals surface area contributed by atoms with Gasteiger partial charge in [-0.1, -0.05) is 26.2 Å². The fraction of sp³-hybridized carbons (Fsp3) is 0.545. The Labute approximate surface area is 199 Å². The van der Waals surface area contributed by atoms with E-state index in [1.807, 2.05) is 6.92 Å². The van der Waals surface area contributed by atoms with Crippen molar-refractivity contribution in [1.29, 1.82) is 0 Å². The fourth-order valence-electron chi connectivity index (χ4n) is 4.76. The third-order valence-electron chi connectivity index (χ3n) is 6.67. The van der Waals surface area contributed by atoms with Crippen LogP contribution in [-0.4, -0.2) is 40.2 Å². The molecule has 1 aliphatic carbocycles. The maximum absolute atomic E-state index is 13.7. The number of anilines is 2. The maximum atomic E-state index is 13.7. The Morgan fingerprint density at radius 2 is 1.86 bits per heavy atom. The maximum Gasteiger partial charge on any atom is 0.332 e. The Morgan fingerprint density at radius 1 is 1.17 bits per heavy atom. The third-order valence-corrected chi connectivity index (χ3v) is 6.67. The number of nitrogens with one attached hydrogen (secondary N) is 1. The number of amides is 1. The standard InChI is InChI=1S/C22H30N8O5/c1-4-5-10-29-17(23)15(19(32)25-21(29)34)30(13-8-6-7-9-13)14(31)11-28-12-24-18-16(28)20(33)27(3)22(35)26(18)2/h12-13H,4-11,23H2,1-3H3,(H,25,32,34). The Balaban J connectivity index is 1.82. The van der Waals surface area contributed by atoms with Gasteiger partial charge in [-0.3, -0.25) is 38.0 Å². The minimum atomic E-state index is -0.728. The van der Waals surface area contributed by atoms with E-state index in [2.05, 4.69) is 9.97 Å². The number of rotatable bonds is 7. The smallest absolute Gasteiger partial charge is 0.332 e. The molecule has 0 spiro atoms. The lowest BCUT2D eigenvalue weighted by Crippen LogP contribution is -2.47. The molecule has 0 aliphatic heterocycles. The molecule has 0 atom stereocenters. The van der Waals surface area contributed by atoms with Crippen LogP contribution in [0, 0.1) is 0 Å². The zero-order valence-electron chi connectivity index (χ0n) is 20.1. The van der Waals surface area contributed by atoms with E-state index in [1.165, 1.54) is 39.0 Å². The molecule has 3 heterocycles. The minimum absolute atomic E-state index is 0.0534. The summed E-state index contributed by atoms with van der Waals surface area (Å²) in [4.78, 5) is 71.9. The van der Waals surface area contributed by atoms with Crippen molar-refractivity contribution in [2.24, 2.45) is 14.1 Å². The van der Waals surface area contributed by atoms with Crippen LogP contribution in [-0.2, 0) is 32.0 Å². The number of H-pyrrole nitrogens is 1. The number of aromatic nitrogens is 6. The number of hydrogen-bond donors (Lipinski definition) is 2. The molecule has 13 nitrogen and oxygen atoms in total. The van der Waals surface area contributed by atoms with Crippen molar-refractivity contribution in [3.63, 3.8) is 0 Å². The fourth-order valence-corrected chi connectivity index (χ4v) is 4.76. The summed E-state index contributed by atoms with van der Waals surface area (Å²) in [6.07, 6.45) is 5.95. The van der Waals surface area contributed by atoms with Crippen LogP contribution in [0.15, 0.2) is 25.5 Å². The number of aromatic amines is 1. The molecule has 3 aromatic rings. The number of hydrogen-bond acceptors (Lipinski definition) is 7. The SMILES string of the molecule is CCCCn1c(N)c(N(C(=O)Cn2cnc3c2c(=O)n(C)c(=O)n3C)C2CCCC2)c(=O)[nH]c1=O. The predicted molar refractivity (Wildman–Crippen MR) is 131 cm³/mol. The lowest BCUT2D eigenvalue weighted by molar-refractivity contribution is -0.119. The number of aryl methyl sites for hydroxylation is 1. The van der Waals surface area contributed by atoms with Crippen LogP contribution in [0.5, 0.6) is 0 Å². The quantitative estimate of drug-likeness (QED) is 0.461. The summed E-state index contributed by atoms with van der Waals surface area (Å²) in [7, 11) is 2.85. The van der Waals surface area contributed by atoms with E-state index in [1.54, 1.807) is 0 Å². The van der Waals surface area contributed by atoms with Crippen LogP contribution in [0.25, 0.3) is 11.2 Å². The van der Waals surface area contributed by atoms with E-state index in [-0.39, 0.29) is 35.3 Å². The summed E-state index contributed by atoms with van der Waals surface area (Å²) in [5.74, 6) is -0.522. The van der Waals surface area contributed by atoms with E-state index < -0.39 is 28.4 Å². The summed E-state index contributed by atoms with van der Waals surface area (Å²) in [6.45, 7) is 1.99. The van der Waals surface area contributed by atoms with E-state index in [0.717, 1.165) is 23.8 Å². The van der Waals surface area contributed by atoms with Gasteiger partial charge in [-0.2, -0.15) is 0 Å². The van der Waals surface area contributed by atoms with Gasteiger partial charge in [0.2, 0.25) is 5.91 Å². The summed E-state index contributed by atoms with van der Waals surface area (Å²) < 4.78 is 4.84. The second-order valence-corrected chi connectivity index (χ2v) is 8.95. The highest BCUT2D eigenvalue weighted by atomic mass is 16.2. The van der Waals surface area contributed by atoms with Gasteiger partial charge in [-0.15, -0.1) is 0 Å². The molecule has 1 fully saturated rings. The molecule has 0 bridgehead atoms. The summed E-state index contributed by atoms with van der Waals surface area (Å²) >= 11 is 0. The molecule has 13 heteroatoms. The average Bonchev–Trinajstić information content (AvgIpc) is 3.49. The van der Waals surface area contributed by atoms with Gasteiger partial charge in [-0.05, 0) is 19.3 Å². The predicted octanol–water partition coefficient (Wildman–Crippen LogP) is -0.358. The van der Waals surface area contributed by atoms with Crippen LogP contribution in [0.2, 0.25) is 0 Å². The largest absolute Gasteiger partial charge is 0.383 e. The molecule has 1 saturated carbocycles. The Morgan fingerprint density at radius 3 is 2.51 bits per heavy atom. The summed E-state index contributed by atoms with van der Waals surface area (Å²) in [5, 5.41) is 0. The van der Waals surface area contributed by atoms with Gasteiger partial charge < -0.3 is 10.3 Å². The van der Waals surface area contributed by atoms with Gasteiger partial charge in [0.1, 0.15) is 12.4 Å². The molecule has 0 saturated heterocycles. The second-order valence-electron chi connectivity index (χ2n) is 8.95. The summed E-state index contributed by atoms with van der Waals surface area (Å²) in [5.41, 5.74) is 4.07. The molecule has 0 aromatic carbocycles. The summed E-state index contributed by atoms with van der Waals surface area (Å²) in [6, 6.07) is -0.273. The van der Waals surface area contributed by atoms with Crippen LogP contribution in [0.4, 0.5) is 11.5 Å². The molecule has 3 aromatic heterocycles. The van der Waals surface area contributed by atoms with E-state index in [0.29, 0.717) is 25.8 Å². The van der Waals surface area contributed by atoms with Gasteiger partial charge in [0, 0.05) is 26.7 Å². The Kier molecular flexibility index (Phi) is 6.50.